The van der Waals surface area contributed by atoms with Crippen LogP contribution in [0.2, 0.25) is 0 Å². The van der Waals surface area contributed by atoms with Crippen molar-refractivity contribution in [1.29, 1.82) is 0 Å². The van der Waals surface area contributed by atoms with Crippen LogP contribution in [-0.4, -0.2) is 50.2 Å². The van der Waals surface area contributed by atoms with Crippen LogP contribution < -0.4 is 5.32 Å². The van der Waals surface area contributed by atoms with E-state index in [1.807, 2.05) is 0 Å². The highest BCUT2D eigenvalue weighted by Crippen LogP contribution is 2.26. The fourth-order valence-corrected chi connectivity index (χ4v) is 1.81. The average molecular weight is 214 g/mol. The monoisotopic (exact) mass is 214 g/mol. The minimum atomic E-state index is -0.192. The first-order valence-corrected chi connectivity index (χ1v) is 5.72. The van der Waals surface area contributed by atoms with Gasteiger partial charge in [0.1, 0.15) is 6.04 Å². The molecule has 15 heavy (non-hydrogen) atoms. The Labute approximate surface area is 92.0 Å². The third-order valence-corrected chi connectivity index (χ3v) is 2.83. The molecule has 1 unspecified atom stereocenters. The summed E-state index contributed by atoms with van der Waals surface area (Å²) in [5.74, 6) is -0.167. The average Bonchev–Trinajstić information content (AvgIpc) is 3.07. The number of hydrogen-bond donors (Lipinski definition) is 1. The Balaban J connectivity index is 2.42. The summed E-state index contributed by atoms with van der Waals surface area (Å²) in [6, 6.07) is 0.507. The van der Waals surface area contributed by atoms with Crippen molar-refractivity contribution in [3.8, 4) is 0 Å². The Morgan fingerprint density at radius 3 is 2.67 bits per heavy atom. The van der Waals surface area contributed by atoms with Gasteiger partial charge in [-0.3, -0.25) is 9.69 Å². The van der Waals surface area contributed by atoms with E-state index in [0.717, 1.165) is 19.5 Å². The van der Waals surface area contributed by atoms with Crippen molar-refractivity contribution >= 4 is 5.97 Å². The first-order chi connectivity index (χ1) is 7.22. The summed E-state index contributed by atoms with van der Waals surface area (Å²) < 4.78 is 4.75. The molecule has 0 aromatic heterocycles. The highest BCUT2D eigenvalue weighted by molar-refractivity contribution is 5.75. The molecule has 0 aromatic rings. The number of esters is 1. The van der Waals surface area contributed by atoms with Gasteiger partial charge in [-0.05, 0) is 32.9 Å². The standard InChI is InChI=1S/C11H22N2O2/c1-4-7-13(9-5-6-9)8-10(12-2)11(14)15-3/h9-10,12H,4-8H2,1-3H3. The van der Waals surface area contributed by atoms with E-state index < -0.39 is 0 Å². The summed E-state index contributed by atoms with van der Waals surface area (Å²) in [5, 5.41) is 3.01. The molecular weight excluding hydrogens is 192 g/mol. The van der Waals surface area contributed by atoms with Crippen molar-refractivity contribution in [3.05, 3.63) is 0 Å². The van der Waals surface area contributed by atoms with Gasteiger partial charge in [0.05, 0.1) is 7.11 Å². The summed E-state index contributed by atoms with van der Waals surface area (Å²) in [6.07, 6.45) is 3.68. The zero-order valence-electron chi connectivity index (χ0n) is 9.95. The molecule has 4 nitrogen and oxygen atoms in total. The van der Waals surface area contributed by atoms with E-state index >= 15 is 0 Å². The summed E-state index contributed by atoms with van der Waals surface area (Å²) in [6.45, 7) is 4.00. The zero-order chi connectivity index (χ0) is 11.3. The van der Waals surface area contributed by atoms with Gasteiger partial charge in [-0.1, -0.05) is 6.92 Å². The SMILES string of the molecule is CCCN(CC(NC)C(=O)OC)C1CC1. The van der Waals surface area contributed by atoms with Crippen LogP contribution in [0.5, 0.6) is 0 Å². The lowest BCUT2D eigenvalue weighted by Gasteiger charge is -2.25. The second kappa shape index (κ2) is 6.08. The number of carbonyl (C=O) groups is 1. The van der Waals surface area contributed by atoms with E-state index in [1.54, 1.807) is 7.05 Å². The van der Waals surface area contributed by atoms with Crippen molar-refractivity contribution in [3.63, 3.8) is 0 Å². The first-order valence-electron chi connectivity index (χ1n) is 5.72. The largest absolute Gasteiger partial charge is 0.468 e. The summed E-state index contributed by atoms with van der Waals surface area (Å²) in [4.78, 5) is 13.8. The Bertz CT molecular complexity index is 205. The highest BCUT2D eigenvalue weighted by atomic mass is 16.5. The first kappa shape index (κ1) is 12.5. The molecule has 1 saturated carbocycles. The molecule has 1 fully saturated rings. The predicted molar refractivity (Wildman–Crippen MR) is 59.7 cm³/mol. The van der Waals surface area contributed by atoms with E-state index in [9.17, 15) is 4.79 Å². The topological polar surface area (TPSA) is 41.6 Å². The van der Waals surface area contributed by atoms with E-state index in [-0.39, 0.29) is 12.0 Å². The lowest BCUT2D eigenvalue weighted by atomic mass is 10.2. The molecule has 1 aliphatic rings. The Morgan fingerprint density at radius 1 is 1.60 bits per heavy atom. The molecule has 0 radical (unpaired) electrons. The third kappa shape index (κ3) is 3.80. The van der Waals surface area contributed by atoms with Crippen LogP contribution in [0.15, 0.2) is 0 Å². The van der Waals surface area contributed by atoms with Gasteiger partial charge < -0.3 is 10.1 Å². The van der Waals surface area contributed by atoms with Crippen molar-refractivity contribution in [1.82, 2.24) is 10.2 Å². The van der Waals surface area contributed by atoms with Crippen LogP contribution in [0, 0.1) is 0 Å². The lowest BCUT2D eigenvalue weighted by Crippen LogP contribution is -2.46. The van der Waals surface area contributed by atoms with Crippen molar-refractivity contribution < 1.29 is 9.53 Å². The van der Waals surface area contributed by atoms with Crippen molar-refractivity contribution in [2.75, 3.05) is 27.2 Å². The predicted octanol–water partition coefficient (Wildman–Crippen LogP) is 0.622. The third-order valence-electron chi connectivity index (χ3n) is 2.83. The van der Waals surface area contributed by atoms with Crippen LogP contribution >= 0.6 is 0 Å². The molecular formula is C11H22N2O2. The summed E-state index contributed by atoms with van der Waals surface area (Å²) in [7, 11) is 3.24. The molecule has 0 spiro atoms. The fraction of sp³-hybridized carbons (Fsp3) is 0.909. The van der Waals surface area contributed by atoms with Gasteiger partial charge in [-0.25, -0.2) is 0 Å². The summed E-state index contributed by atoms with van der Waals surface area (Å²) >= 11 is 0. The number of nitrogens with one attached hydrogen (secondary N) is 1. The second-order valence-electron chi connectivity index (χ2n) is 4.09. The van der Waals surface area contributed by atoms with E-state index in [1.165, 1.54) is 20.0 Å². The summed E-state index contributed by atoms with van der Waals surface area (Å²) in [5.41, 5.74) is 0. The van der Waals surface area contributed by atoms with Gasteiger partial charge in [0.15, 0.2) is 0 Å². The van der Waals surface area contributed by atoms with Gasteiger partial charge >= 0.3 is 5.97 Å². The number of likely N-dealkylation sites (N-methyl/N-ethyl adjacent to an activating group) is 1. The molecule has 1 aliphatic carbocycles. The maximum Gasteiger partial charge on any atom is 0.324 e. The quantitative estimate of drug-likeness (QED) is 0.631. The number of methoxy groups -OCH3 is 1. The van der Waals surface area contributed by atoms with Crippen LogP contribution in [0.3, 0.4) is 0 Å². The smallest absolute Gasteiger partial charge is 0.324 e. The highest BCUT2D eigenvalue weighted by Gasteiger charge is 2.31. The molecule has 1 rings (SSSR count). The minimum Gasteiger partial charge on any atom is -0.468 e. The molecule has 88 valence electrons. The van der Waals surface area contributed by atoms with Gasteiger partial charge in [0, 0.05) is 12.6 Å². The van der Waals surface area contributed by atoms with Gasteiger partial charge in [-0.2, -0.15) is 0 Å². The van der Waals surface area contributed by atoms with E-state index in [4.69, 9.17) is 4.74 Å². The van der Waals surface area contributed by atoms with Crippen LogP contribution in [0.1, 0.15) is 26.2 Å². The molecule has 0 aromatic carbocycles. The number of ether oxygens (including phenoxy) is 1. The normalized spacial score (nSPS) is 17.9. The molecule has 0 heterocycles. The molecule has 4 heteroatoms. The van der Waals surface area contributed by atoms with Gasteiger partial charge in [0.25, 0.3) is 0 Å². The van der Waals surface area contributed by atoms with E-state index in [2.05, 4.69) is 17.1 Å². The van der Waals surface area contributed by atoms with Crippen LogP contribution in [-0.2, 0) is 9.53 Å². The van der Waals surface area contributed by atoms with Crippen LogP contribution in [0.4, 0.5) is 0 Å². The van der Waals surface area contributed by atoms with Crippen molar-refractivity contribution in [2.24, 2.45) is 0 Å². The Morgan fingerprint density at radius 2 is 2.27 bits per heavy atom. The van der Waals surface area contributed by atoms with Gasteiger partial charge in [0.2, 0.25) is 0 Å². The van der Waals surface area contributed by atoms with E-state index in [0.29, 0.717) is 6.04 Å². The number of nitrogens with zero attached hydrogens (tertiary/aromatic N) is 1. The zero-order valence-corrected chi connectivity index (χ0v) is 9.95. The molecule has 0 saturated heterocycles. The molecule has 0 bridgehead atoms. The Kier molecular flexibility index (Phi) is 5.05. The lowest BCUT2D eigenvalue weighted by molar-refractivity contribution is -0.143. The minimum absolute atomic E-state index is 0.167. The molecule has 0 aliphatic heterocycles. The number of rotatable bonds is 7. The molecule has 0 amide bonds. The van der Waals surface area contributed by atoms with Gasteiger partial charge in [-0.15, -0.1) is 0 Å². The van der Waals surface area contributed by atoms with Crippen molar-refractivity contribution in [2.45, 2.75) is 38.3 Å². The Hall–Kier alpha value is -0.610. The maximum absolute atomic E-state index is 11.4. The molecule has 1 N–H and O–H groups in total. The maximum atomic E-state index is 11.4. The number of hydrogen-bond acceptors (Lipinski definition) is 4. The fourth-order valence-electron chi connectivity index (χ4n) is 1.81. The number of carbonyl (C=O) groups excluding carboxylic acids is 1. The second-order valence-corrected chi connectivity index (χ2v) is 4.09. The molecule has 1 atom stereocenters. The van der Waals surface area contributed by atoms with Crippen LogP contribution in [0.25, 0.3) is 0 Å².